The largest absolute Gasteiger partial charge is 0.368 e. The molecule has 0 atom stereocenters. The molecule has 0 aliphatic carbocycles. The zero-order chi connectivity index (χ0) is 10.1. The summed E-state index contributed by atoms with van der Waals surface area (Å²) in [6.45, 7) is 1.86. The average molecular weight is 210 g/mol. The number of anilines is 1. The van der Waals surface area contributed by atoms with Crippen LogP contribution in [0, 0.1) is 6.92 Å². The molecule has 0 bridgehead atoms. The van der Waals surface area contributed by atoms with E-state index in [-0.39, 0.29) is 5.88 Å². The lowest BCUT2D eigenvalue weighted by molar-refractivity contribution is 0.439. The van der Waals surface area contributed by atoms with E-state index >= 15 is 0 Å². The second-order valence-electron chi connectivity index (χ2n) is 2.93. The molecule has 2 N–H and O–H groups in total. The van der Waals surface area contributed by atoms with E-state index < -0.39 is 0 Å². The van der Waals surface area contributed by atoms with E-state index in [0.717, 1.165) is 11.3 Å². The van der Waals surface area contributed by atoms with Crippen LogP contribution in [0.3, 0.4) is 0 Å². The number of rotatable bonds is 1. The van der Waals surface area contributed by atoms with Crippen molar-refractivity contribution in [3.63, 3.8) is 0 Å². The first-order chi connectivity index (χ1) is 6.65. The van der Waals surface area contributed by atoms with E-state index in [2.05, 4.69) is 10.1 Å². The molecule has 0 saturated carbocycles. The van der Waals surface area contributed by atoms with E-state index in [1.54, 1.807) is 12.1 Å². The van der Waals surface area contributed by atoms with Gasteiger partial charge in [-0.1, -0.05) is 16.8 Å². The summed E-state index contributed by atoms with van der Waals surface area (Å²) in [7, 11) is 0. The van der Waals surface area contributed by atoms with Crippen LogP contribution in [0.5, 0.6) is 0 Å². The van der Waals surface area contributed by atoms with Crippen molar-refractivity contribution in [2.24, 2.45) is 0 Å². The van der Waals surface area contributed by atoms with Crippen LogP contribution >= 0.6 is 11.6 Å². The van der Waals surface area contributed by atoms with Gasteiger partial charge in [0, 0.05) is 17.3 Å². The molecule has 0 spiro atoms. The molecule has 0 radical (unpaired) electrons. The van der Waals surface area contributed by atoms with Gasteiger partial charge in [-0.25, -0.2) is 4.98 Å². The smallest absolute Gasteiger partial charge is 0.222 e. The van der Waals surface area contributed by atoms with E-state index in [1.807, 2.05) is 13.0 Å². The van der Waals surface area contributed by atoms with Crippen LogP contribution in [-0.4, -0.2) is 10.1 Å². The van der Waals surface area contributed by atoms with Crippen LogP contribution in [-0.2, 0) is 0 Å². The molecule has 0 aliphatic heterocycles. The van der Waals surface area contributed by atoms with Gasteiger partial charge in [0.25, 0.3) is 0 Å². The predicted octanol–water partition coefficient (Wildman–Crippen LogP) is 2.28. The molecule has 14 heavy (non-hydrogen) atoms. The first kappa shape index (κ1) is 9.02. The Hall–Kier alpha value is -1.55. The summed E-state index contributed by atoms with van der Waals surface area (Å²) in [6.07, 6.45) is 0. The van der Waals surface area contributed by atoms with Gasteiger partial charge in [0.1, 0.15) is 10.8 Å². The number of hydrogen-bond acceptors (Lipinski definition) is 4. The van der Waals surface area contributed by atoms with Crippen molar-refractivity contribution in [1.82, 2.24) is 10.1 Å². The summed E-state index contributed by atoms with van der Waals surface area (Å²) in [5.74, 6) is 0.283. The predicted molar refractivity (Wildman–Crippen MR) is 53.9 cm³/mol. The maximum atomic E-state index is 5.81. The van der Waals surface area contributed by atoms with Gasteiger partial charge in [-0.2, -0.15) is 0 Å². The molecule has 2 rings (SSSR count). The molecule has 0 amide bonds. The van der Waals surface area contributed by atoms with Gasteiger partial charge >= 0.3 is 0 Å². The molecule has 0 fully saturated rings. The number of aryl methyl sites for hydroxylation is 1. The maximum absolute atomic E-state index is 5.81. The quantitative estimate of drug-likeness (QED) is 0.732. The standard InChI is InChI=1S/C9H8ClN3O/c1-5-2-6(3-8(10)12-5)7-4-9(11)14-13-7/h2-4H,11H2,1H3. The van der Waals surface area contributed by atoms with Crippen LogP contribution in [0.2, 0.25) is 5.15 Å². The molecule has 4 nitrogen and oxygen atoms in total. The SMILES string of the molecule is Cc1cc(-c2cc(N)on2)cc(Cl)n1. The fraction of sp³-hybridized carbons (Fsp3) is 0.111. The number of nitrogen functional groups attached to an aromatic ring is 1. The number of nitrogens with two attached hydrogens (primary N) is 1. The molecule has 2 aromatic heterocycles. The van der Waals surface area contributed by atoms with Crippen molar-refractivity contribution in [1.29, 1.82) is 0 Å². The Labute approximate surface area is 85.7 Å². The maximum Gasteiger partial charge on any atom is 0.222 e. The van der Waals surface area contributed by atoms with Crippen LogP contribution < -0.4 is 5.73 Å². The van der Waals surface area contributed by atoms with Crippen LogP contribution in [0.25, 0.3) is 11.3 Å². The summed E-state index contributed by atoms with van der Waals surface area (Å²) >= 11 is 5.81. The number of halogens is 1. The highest BCUT2D eigenvalue weighted by Crippen LogP contribution is 2.22. The van der Waals surface area contributed by atoms with Gasteiger partial charge < -0.3 is 10.3 Å². The van der Waals surface area contributed by atoms with E-state index in [1.165, 1.54) is 0 Å². The second kappa shape index (κ2) is 3.31. The number of nitrogens with zero attached hydrogens (tertiary/aromatic N) is 2. The van der Waals surface area contributed by atoms with Crippen LogP contribution in [0.15, 0.2) is 22.7 Å². The number of aromatic nitrogens is 2. The molecule has 72 valence electrons. The zero-order valence-electron chi connectivity index (χ0n) is 7.49. The first-order valence-electron chi connectivity index (χ1n) is 4.02. The lowest BCUT2D eigenvalue weighted by Gasteiger charge is -1.98. The van der Waals surface area contributed by atoms with Crippen LogP contribution in [0.4, 0.5) is 5.88 Å². The van der Waals surface area contributed by atoms with Gasteiger partial charge in [0.2, 0.25) is 5.88 Å². The summed E-state index contributed by atoms with van der Waals surface area (Å²) in [4.78, 5) is 4.04. The lowest BCUT2D eigenvalue weighted by atomic mass is 10.2. The Morgan fingerprint density at radius 1 is 1.36 bits per heavy atom. The third-order valence-electron chi connectivity index (χ3n) is 1.75. The highest BCUT2D eigenvalue weighted by Gasteiger charge is 2.06. The highest BCUT2D eigenvalue weighted by molar-refractivity contribution is 6.29. The van der Waals surface area contributed by atoms with Gasteiger partial charge in [-0.05, 0) is 19.1 Å². The van der Waals surface area contributed by atoms with Crippen molar-refractivity contribution >= 4 is 17.5 Å². The van der Waals surface area contributed by atoms with E-state index in [0.29, 0.717) is 10.8 Å². The Kier molecular flexibility index (Phi) is 2.13. The fourth-order valence-corrected chi connectivity index (χ4v) is 1.45. The summed E-state index contributed by atoms with van der Waals surface area (Å²) < 4.78 is 4.76. The molecular formula is C9H8ClN3O. The third kappa shape index (κ3) is 1.70. The van der Waals surface area contributed by atoms with E-state index in [4.69, 9.17) is 21.9 Å². The summed E-state index contributed by atoms with van der Waals surface area (Å²) in [6, 6.07) is 5.22. The number of pyridine rings is 1. The second-order valence-corrected chi connectivity index (χ2v) is 3.32. The van der Waals surface area contributed by atoms with Gasteiger partial charge in [0.05, 0.1) is 0 Å². The monoisotopic (exact) mass is 209 g/mol. The minimum Gasteiger partial charge on any atom is -0.368 e. The average Bonchev–Trinajstić information content (AvgIpc) is 2.50. The topological polar surface area (TPSA) is 64.9 Å². The molecule has 2 heterocycles. The number of hydrogen-bond donors (Lipinski definition) is 1. The van der Waals surface area contributed by atoms with Crippen molar-refractivity contribution in [2.75, 3.05) is 5.73 Å². The molecule has 0 unspecified atom stereocenters. The van der Waals surface area contributed by atoms with Crippen molar-refractivity contribution in [3.8, 4) is 11.3 Å². The Morgan fingerprint density at radius 3 is 2.71 bits per heavy atom. The van der Waals surface area contributed by atoms with Gasteiger partial charge in [0.15, 0.2) is 0 Å². The van der Waals surface area contributed by atoms with Gasteiger partial charge in [-0.15, -0.1) is 0 Å². The van der Waals surface area contributed by atoms with Crippen molar-refractivity contribution in [3.05, 3.63) is 29.0 Å². The van der Waals surface area contributed by atoms with E-state index in [9.17, 15) is 0 Å². The van der Waals surface area contributed by atoms with Gasteiger partial charge in [-0.3, -0.25) is 0 Å². The highest BCUT2D eigenvalue weighted by atomic mass is 35.5. The molecular weight excluding hydrogens is 202 g/mol. The molecule has 0 saturated heterocycles. The first-order valence-corrected chi connectivity index (χ1v) is 4.40. The minimum atomic E-state index is 0.283. The fourth-order valence-electron chi connectivity index (χ4n) is 1.20. The normalized spacial score (nSPS) is 10.4. The Bertz CT molecular complexity index is 447. The summed E-state index contributed by atoms with van der Waals surface area (Å²) in [5, 5.41) is 4.21. The minimum absolute atomic E-state index is 0.283. The van der Waals surface area contributed by atoms with Crippen LogP contribution in [0.1, 0.15) is 5.69 Å². The van der Waals surface area contributed by atoms with Crippen molar-refractivity contribution < 1.29 is 4.52 Å². The Balaban J connectivity index is 2.51. The van der Waals surface area contributed by atoms with Crippen molar-refractivity contribution in [2.45, 2.75) is 6.92 Å². The summed E-state index contributed by atoms with van der Waals surface area (Å²) in [5.41, 5.74) is 7.75. The Morgan fingerprint density at radius 2 is 2.14 bits per heavy atom. The molecule has 5 heteroatoms. The molecule has 0 aromatic carbocycles. The molecule has 0 aliphatic rings. The lowest BCUT2D eigenvalue weighted by Crippen LogP contribution is -1.84. The third-order valence-corrected chi connectivity index (χ3v) is 1.94. The zero-order valence-corrected chi connectivity index (χ0v) is 8.25. The molecule has 2 aromatic rings.